The van der Waals surface area contributed by atoms with Crippen molar-refractivity contribution in [1.82, 2.24) is 0 Å². The fraction of sp³-hybridized carbons (Fsp3) is 0.267. The molecule has 2 aromatic rings. The Morgan fingerprint density at radius 2 is 1.75 bits per heavy atom. The van der Waals surface area contributed by atoms with E-state index in [1.54, 1.807) is 18.2 Å². The predicted molar refractivity (Wildman–Crippen MR) is 89.4 cm³/mol. The highest BCUT2D eigenvalue weighted by atomic mass is 32.2. The second-order valence-electron chi connectivity index (χ2n) is 5.66. The first-order valence-electron chi connectivity index (χ1n) is 7.19. The topological polar surface area (TPSA) is 112 Å². The lowest BCUT2D eigenvalue weighted by Crippen LogP contribution is -2.15. The van der Waals surface area contributed by atoms with Gasteiger partial charge in [-0.25, -0.2) is 0 Å². The number of rotatable bonds is 5. The summed E-state index contributed by atoms with van der Waals surface area (Å²) in [5, 5.41) is 1.13. The van der Waals surface area contributed by atoms with E-state index < -0.39 is 20.2 Å². The van der Waals surface area contributed by atoms with Crippen LogP contribution in [0.25, 0.3) is 10.8 Å². The highest BCUT2D eigenvalue weighted by Crippen LogP contribution is 2.38. The van der Waals surface area contributed by atoms with Crippen molar-refractivity contribution in [2.45, 2.75) is 18.2 Å². The first kappa shape index (κ1) is 17.0. The molecule has 1 aliphatic rings. The lowest BCUT2D eigenvalue weighted by atomic mass is 10.0. The fourth-order valence-corrected chi connectivity index (χ4v) is 4.31. The smallest absolute Gasteiger partial charge is 0.286 e. The quantitative estimate of drug-likeness (QED) is 0.613. The molecule has 2 aromatic carbocycles. The molecule has 0 unspecified atom stereocenters. The summed E-state index contributed by atoms with van der Waals surface area (Å²) in [6.45, 7) is 2.22. The second-order valence-corrected chi connectivity index (χ2v) is 8.62. The number of benzene rings is 2. The van der Waals surface area contributed by atoms with E-state index in [9.17, 15) is 21.4 Å². The van der Waals surface area contributed by atoms with Crippen LogP contribution >= 0.6 is 0 Å². The van der Waals surface area contributed by atoms with Crippen molar-refractivity contribution in [3.63, 3.8) is 0 Å². The standard InChI is InChI=1S/C15H15NO6S2/c1-10-11-4-2-5-12-14(24(20,21)22)7-6-13(15(11)12)16(10)8-3-9-23(17,18)19/h2,4-7H,3,8-9H2,1H3,(H-,17,18,19,20,21,22)/p+1. The molecule has 0 saturated heterocycles. The van der Waals surface area contributed by atoms with Crippen LogP contribution in [0, 0.1) is 0 Å². The minimum Gasteiger partial charge on any atom is -0.286 e. The molecule has 9 heteroatoms. The molecule has 0 atom stereocenters. The van der Waals surface area contributed by atoms with E-state index >= 15 is 0 Å². The first-order valence-corrected chi connectivity index (χ1v) is 10.2. The van der Waals surface area contributed by atoms with E-state index in [1.807, 2.05) is 17.6 Å². The van der Waals surface area contributed by atoms with E-state index in [-0.39, 0.29) is 17.1 Å². The van der Waals surface area contributed by atoms with Crippen molar-refractivity contribution < 1.29 is 30.5 Å². The minimum absolute atomic E-state index is 0.157. The molecule has 1 aliphatic heterocycles. The Bertz CT molecular complexity index is 1080. The summed E-state index contributed by atoms with van der Waals surface area (Å²) in [5.74, 6) is -0.348. The zero-order chi connectivity index (χ0) is 17.7. The molecule has 0 amide bonds. The summed E-state index contributed by atoms with van der Waals surface area (Å²) in [6.07, 6.45) is 0.228. The molecule has 2 N–H and O–H groups in total. The van der Waals surface area contributed by atoms with E-state index in [1.165, 1.54) is 6.07 Å². The van der Waals surface area contributed by atoms with Gasteiger partial charge in [-0.2, -0.15) is 21.4 Å². The average molecular weight is 370 g/mol. The van der Waals surface area contributed by atoms with Crippen LogP contribution in [-0.4, -0.2) is 48.5 Å². The fourth-order valence-electron chi connectivity index (χ4n) is 3.13. The molecule has 24 heavy (non-hydrogen) atoms. The summed E-state index contributed by atoms with van der Waals surface area (Å²) in [7, 11) is -8.37. The van der Waals surface area contributed by atoms with Gasteiger partial charge < -0.3 is 0 Å². The monoisotopic (exact) mass is 370 g/mol. The second kappa shape index (κ2) is 5.62. The van der Waals surface area contributed by atoms with E-state index in [2.05, 4.69) is 0 Å². The molecule has 0 radical (unpaired) electrons. The molecule has 0 bridgehead atoms. The van der Waals surface area contributed by atoms with Gasteiger partial charge in [0.15, 0.2) is 5.71 Å². The van der Waals surface area contributed by atoms with Crippen molar-refractivity contribution >= 4 is 42.4 Å². The molecule has 3 rings (SSSR count). The molecule has 0 spiro atoms. The maximum atomic E-state index is 11.6. The molecule has 0 fully saturated rings. The number of nitrogens with zero attached hydrogens (tertiary/aromatic N) is 1. The van der Waals surface area contributed by atoms with Crippen LogP contribution in [0.1, 0.15) is 18.9 Å². The summed E-state index contributed by atoms with van der Waals surface area (Å²) < 4.78 is 65.1. The van der Waals surface area contributed by atoms with Crippen LogP contribution in [0.4, 0.5) is 5.69 Å². The number of hydrogen-bond donors (Lipinski definition) is 2. The zero-order valence-electron chi connectivity index (χ0n) is 12.8. The third kappa shape index (κ3) is 2.95. The summed E-state index contributed by atoms with van der Waals surface area (Å²) in [5.41, 5.74) is 2.44. The molecular formula is C15H16NO6S2+. The van der Waals surface area contributed by atoms with Gasteiger partial charge in [-0.1, -0.05) is 12.1 Å². The van der Waals surface area contributed by atoms with Gasteiger partial charge in [-0.3, -0.25) is 9.11 Å². The van der Waals surface area contributed by atoms with Crippen LogP contribution in [0.5, 0.6) is 0 Å². The van der Waals surface area contributed by atoms with Crippen molar-refractivity contribution in [3.8, 4) is 0 Å². The Morgan fingerprint density at radius 3 is 2.38 bits per heavy atom. The van der Waals surface area contributed by atoms with Gasteiger partial charge in [-0.05, 0) is 12.1 Å². The molecule has 0 aromatic heterocycles. The third-order valence-corrected chi connectivity index (χ3v) is 5.84. The molecule has 7 nitrogen and oxygen atoms in total. The van der Waals surface area contributed by atoms with E-state index in [0.717, 1.165) is 17.0 Å². The van der Waals surface area contributed by atoms with Gasteiger partial charge in [0.1, 0.15) is 11.4 Å². The average Bonchev–Trinajstić information content (AvgIpc) is 2.73. The van der Waals surface area contributed by atoms with Crippen molar-refractivity contribution in [3.05, 3.63) is 35.9 Å². The third-order valence-electron chi connectivity index (χ3n) is 4.13. The number of hydrogen-bond acceptors (Lipinski definition) is 4. The van der Waals surface area contributed by atoms with Crippen molar-refractivity contribution in [2.75, 3.05) is 12.3 Å². The minimum atomic E-state index is -4.35. The lowest BCUT2D eigenvalue weighted by molar-refractivity contribution is -0.436. The predicted octanol–water partition coefficient (Wildman–Crippen LogP) is 1.83. The Kier molecular flexibility index (Phi) is 3.99. The maximum Gasteiger partial charge on any atom is 0.295 e. The summed E-state index contributed by atoms with van der Waals surface area (Å²) >= 11 is 0. The van der Waals surface area contributed by atoms with E-state index in [0.29, 0.717) is 17.3 Å². The molecule has 1 heterocycles. The Morgan fingerprint density at radius 1 is 1.04 bits per heavy atom. The SMILES string of the molecule is CC1=[N+](CCCS(=O)(=O)O)c2ccc(S(=O)(=O)O)c3cccc1c23. The van der Waals surface area contributed by atoms with Crippen LogP contribution in [-0.2, 0) is 20.2 Å². The first-order chi connectivity index (χ1) is 11.1. The van der Waals surface area contributed by atoms with Gasteiger partial charge in [0.25, 0.3) is 20.2 Å². The van der Waals surface area contributed by atoms with Crippen LogP contribution < -0.4 is 0 Å². The normalized spacial score (nSPS) is 14.6. The van der Waals surface area contributed by atoms with Gasteiger partial charge in [0.2, 0.25) is 5.69 Å². The lowest BCUT2D eigenvalue weighted by Gasteiger charge is -2.05. The van der Waals surface area contributed by atoms with Crippen molar-refractivity contribution in [1.29, 1.82) is 0 Å². The van der Waals surface area contributed by atoms with E-state index in [4.69, 9.17) is 4.55 Å². The molecular weight excluding hydrogens is 354 g/mol. The Balaban J connectivity index is 2.11. The zero-order valence-corrected chi connectivity index (χ0v) is 14.4. The Labute approximate surface area is 139 Å². The van der Waals surface area contributed by atoms with Crippen molar-refractivity contribution in [2.24, 2.45) is 0 Å². The van der Waals surface area contributed by atoms with Gasteiger partial charge in [-0.15, -0.1) is 0 Å². The Hall–Kier alpha value is -1.81. The van der Waals surface area contributed by atoms with Gasteiger partial charge >= 0.3 is 0 Å². The summed E-state index contributed by atoms with van der Waals surface area (Å²) in [6, 6.07) is 8.11. The summed E-state index contributed by atoms with van der Waals surface area (Å²) in [4.78, 5) is -0.157. The molecule has 128 valence electrons. The van der Waals surface area contributed by atoms with Gasteiger partial charge in [0, 0.05) is 24.8 Å². The van der Waals surface area contributed by atoms with Gasteiger partial charge in [0.05, 0.1) is 16.7 Å². The largest absolute Gasteiger partial charge is 0.295 e. The maximum absolute atomic E-state index is 11.6. The highest BCUT2D eigenvalue weighted by molar-refractivity contribution is 7.86. The molecule has 0 saturated carbocycles. The van der Waals surface area contributed by atoms with Crippen LogP contribution in [0.2, 0.25) is 0 Å². The van der Waals surface area contributed by atoms with Crippen LogP contribution in [0.15, 0.2) is 35.2 Å². The highest BCUT2D eigenvalue weighted by Gasteiger charge is 2.31. The van der Waals surface area contributed by atoms with Crippen LogP contribution in [0.3, 0.4) is 0 Å². The molecule has 0 aliphatic carbocycles.